The lowest BCUT2D eigenvalue weighted by Gasteiger charge is -2.17. The molecule has 1 aliphatic rings. The molecule has 0 saturated heterocycles. The highest BCUT2D eigenvalue weighted by molar-refractivity contribution is 5.95. The maximum absolute atomic E-state index is 13.0. The molecule has 0 aliphatic heterocycles. The molecule has 1 aliphatic carbocycles. The third-order valence-electron chi connectivity index (χ3n) is 5.35. The highest BCUT2D eigenvalue weighted by Gasteiger charge is 2.31. The molecule has 0 spiro atoms. The maximum Gasteiger partial charge on any atom is 0.416 e. The average molecular weight is 444 g/mol. The van der Waals surface area contributed by atoms with Crippen molar-refractivity contribution in [3.05, 3.63) is 76.3 Å². The summed E-state index contributed by atoms with van der Waals surface area (Å²) in [5.41, 5.74) is -1.04. The molecule has 2 atom stereocenters. The second-order valence-electron chi connectivity index (χ2n) is 7.52. The number of alkyl halides is 3. The van der Waals surface area contributed by atoms with Crippen LogP contribution < -0.4 is 10.9 Å². The van der Waals surface area contributed by atoms with Gasteiger partial charge in [0.2, 0.25) is 0 Å². The van der Waals surface area contributed by atoms with Gasteiger partial charge in [-0.3, -0.25) is 14.6 Å². The van der Waals surface area contributed by atoms with Crippen LogP contribution in [-0.4, -0.2) is 37.9 Å². The molecule has 166 valence electrons. The number of nitrogens with one attached hydrogen (secondary N) is 1. The Hall–Kier alpha value is -3.53. The minimum absolute atomic E-state index is 0.138. The van der Waals surface area contributed by atoms with Crippen molar-refractivity contribution in [2.45, 2.75) is 37.6 Å². The Balaban J connectivity index is 1.79. The van der Waals surface area contributed by atoms with E-state index in [1.165, 1.54) is 30.6 Å². The number of pyridine rings is 1. The first-order chi connectivity index (χ1) is 15.2. The number of carbonyl (C=O) groups excluding carboxylic acids is 1. The minimum Gasteiger partial charge on any atom is -0.391 e. The van der Waals surface area contributed by atoms with Crippen LogP contribution in [0.15, 0.2) is 59.7 Å². The van der Waals surface area contributed by atoms with Crippen LogP contribution in [0.5, 0.6) is 0 Å². The van der Waals surface area contributed by atoms with Crippen LogP contribution in [0.2, 0.25) is 0 Å². The van der Waals surface area contributed by atoms with E-state index in [1.807, 2.05) is 0 Å². The van der Waals surface area contributed by atoms with Crippen molar-refractivity contribution in [1.82, 2.24) is 20.1 Å². The zero-order valence-corrected chi connectivity index (χ0v) is 16.7. The number of amides is 1. The van der Waals surface area contributed by atoms with E-state index in [4.69, 9.17) is 0 Å². The Morgan fingerprint density at radius 1 is 1.16 bits per heavy atom. The van der Waals surface area contributed by atoms with E-state index in [2.05, 4.69) is 15.4 Å². The van der Waals surface area contributed by atoms with E-state index in [0.717, 1.165) is 23.2 Å². The summed E-state index contributed by atoms with van der Waals surface area (Å²) in [6.07, 6.45) is -0.419. The van der Waals surface area contributed by atoms with Gasteiger partial charge in [0.1, 0.15) is 5.56 Å². The zero-order chi connectivity index (χ0) is 22.9. The van der Waals surface area contributed by atoms with Crippen molar-refractivity contribution in [3.8, 4) is 16.9 Å². The molecule has 0 bridgehead atoms. The molecule has 2 N–H and O–H groups in total. The summed E-state index contributed by atoms with van der Waals surface area (Å²) in [4.78, 5) is 29.9. The van der Waals surface area contributed by atoms with Crippen LogP contribution in [-0.2, 0) is 6.18 Å². The van der Waals surface area contributed by atoms with Gasteiger partial charge in [-0.2, -0.15) is 23.0 Å². The van der Waals surface area contributed by atoms with Crippen LogP contribution >= 0.6 is 0 Å². The first kappa shape index (κ1) is 21.7. The summed E-state index contributed by atoms with van der Waals surface area (Å²) >= 11 is 0. The van der Waals surface area contributed by atoms with Crippen molar-refractivity contribution in [2.24, 2.45) is 0 Å². The summed E-state index contributed by atoms with van der Waals surface area (Å²) < 4.78 is 39.7. The molecule has 3 aromatic rings. The van der Waals surface area contributed by atoms with Crippen molar-refractivity contribution >= 4 is 5.91 Å². The van der Waals surface area contributed by atoms with Crippen LogP contribution in [0.3, 0.4) is 0 Å². The molecule has 1 aromatic carbocycles. The molecule has 32 heavy (non-hydrogen) atoms. The third-order valence-corrected chi connectivity index (χ3v) is 5.35. The van der Waals surface area contributed by atoms with Gasteiger partial charge in [0.25, 0.3) is 11.5 Å². The van der Waals surface area contributed by atoms with Gasteiger partial charge in [-0.05, 0) is 49.6 Å². The number of halogens is 3. The van der Waals surface area contributed by atoms with Gasteiger partial charge >= 0.3 is 6.18 Å². The van der Waals surface area contributed by atoms with Crippen LogP contribution in [0.25, 0.3) is 16.9 Å². The zero-order valence-electron chi connectivity index (χ0n) is 16.7. The van der Waals surface area contributed by atoms with Gasteiger partial charge in [-0.1, -0.05) is 12.1 Å². The second kappa shape index (κ2) is 8.54. The highest BCUT2D eigenvalue weighted by Crippen LogP contribution is 2.30. The quantitative estimate of drug-likeness (QED) is 0.645. The molecule has 7 nitrogen and oxygen atoms in total. The SMILES string of the molecule is O=C(N[C@@H]1CCC[C@@H]1O)c1cc(-c2ccc(C(F)(F)F)cc2)nn(-c2cccnc2)c1=O. The van der Waals surface area contributed by atoms with Crippen LogP contribution in [0.4, 0.5) is 13.2 Å². The van der Waals surface area contributed by atoms with Gasteiger partial charge in [0.15, 0.2) is 0 Å². The molecular formula is C22H19F3N4O3. The topological polar surface area (TPSA) is 97.1 Å². The molecule has 0 unspecified atom stereocenters. The molecule has 2 aromatic heterocycles. The fourth-order valence-corrected chi connectivity index (χ4v) is 3.64. The lowest BCUT2D eigenvalue weighted by molar-refractivity contribution is -0.137. The molecular weight excluding hydrogens is 425 g/mol. The Labute approximate surface area is 180 Å². The van der Waals surface area contributed by atoms with Crippen molar-refractivity contribution in [1.29, 1.82) is 0 Å². The number of carbonyl (C=O) groups is 1. The fourth-order valence-electron chi connectivity index (χ4n) is 3.64. The Kier molecular flexibility index (Phi) is 5.79. The number of rotatable bonds is 4. The summed E-state index contributed by atoms with van der Waals surface area (Å²) in [5, 5.41) is 16.9. The number of aliphatic hydroxyl groups excluding tert-OH is 1. The first-order valence-electron chi connectivity index (χ1n) is 9.95. The molecule has 2 heterocycles. The first-order valence-corrected chi connectivity index (χ1v) is 9.95. The molecule has 10 heteroatoms. The lowest BCUT2D eigenvalue weighted by Crippen LogP contribution is -2.42. The summed E-state index contributed by atoms with van der Waals surface area (Å²) in [6.45, 7) is 0. The Morgan fingerprint density at radius 2 is 1.91 bits per heavy atom. The van der Waals surface area contributed by atoms with Gasteiger partial charge < -0.3 is 10.4 Å². The van der Waals surface area contributed by atoms with E-state index < -0.39 is 35.4 Å². The predicted octanol–water partition coefficient (Wildman–Crippen LogP) is 2.96. The second-order valence-corrected chi connectivity index (χ2v) is 7.52. The summed E-state index contributed by atoms with van der Waals surface area (Å²) in [7, 11) is 0. The number of hydrogen-bond donors (Lipinski definition) is 2. The Morgan fingerprint density at radius 3 is 2.50 bits per heavy atom. The molecule has 4 rings (SSSR count). The van der Waals surface area contributed by atoms with Gasteiger partial charge in [-0.25, -0.2) is 0 Å². The lowest BCUT2D eigenvalue weighted by atomic mass is 10.1. The summed E-state index contributed by atoms with van der Waals surface area (Å²) in [6, 6.07) is 8.20. The molecule has 1 amide bonds. The van der Waals surface area contributed by atoms with E-state index in [1.54, 1.807) is 12.1 Å². The van der Waals surface area contributed by atoms with E-state index in [9.17, 15) is 27.9 Å². The number of aromatic nitrogens is 3. The highest BCUT2D eigenvalue weighted by atomic mass is 19.4. The van der Waals surface area contributed by atoms with Gasteiger partial charge in [-0.15, -0.1) is 0 Å². The standard InChI is InChI=1S/C22H19F3N4O3/c23-22(24,25)14-8-6-13(7-9-14)18-11-16(20(31)27-17-4-1-5-19(17)30)21(32)29(28-18)15-3-2-10-26-12-15/h2-3,6-12,17,19,30H,1,4-5H2,(H,27,31)/t17-,19+/m1/s1. The number of benzene rings is 1. The third kappa shape index (κ3) is 4.40. The van der Waals surface area contributed by atoms with Crippen molar-refractivity contribution in [2.75, 3.05) is 0 Å². The Bertz CT molecular complexity index is 1180. The molecule has 0 radical (unpaired) electrons. The van der Waals surface area contributed by atoms with Crippen LogP contribution in [0, 0.1) is 0 Å². The number of nitrogens with zero attached hydrogens (tertiary/aromatic N) is 3. The van der Waals surface area contributed by atoms with E-state index in [0.29, 0.717) is 24.1 Å². The minimum atomic E-state index is -4.49. The largest absolute Gasteiger partial charge is 0.416 e. The van der Waals surface area contributed by atoms with Crippen LogP contribution in [0.1, 0.15) is 35.2 Å². The smallest absolute Gasteiger partial charge is 0.391 e. The monoisotopic (exact) mass is 444 g/mol. The van der Waals surface area contributed by atoms with Crippen molar-refractivity contribution in [3.63, 3.8) is 0 Å². The fraction of sp³-hybridized carbons (Fsp3) is 0.273. The number of hydrogen-bond acceptors (Lipinski definition) is 5. The average Bonchev–Trinajstić information content (AvgIpc) is 3.18. The van der Waals surface area contributed by atoms with Gasteiger partial charge in [0.05, 0.1) is 35.3 Å². The molecule has 1 saturated carbocycles. The van der Waals surface area contributed by atoms with Crippen molar-refractivity contribution < 1.29 is 23.1 Å². The number of aliphatic hydroxyl groups is 1. The normalized spacial score (nSPS) is 18.5. The van der Waals surface area contributed by atoms with E-state index in [-0.39, 0.29) is 11.3 Å². The maximum atomic E-state index is 13.0. The summed E-state index contributed by atoms with van der Waals surface area (Å²) in [5.74, 6) is -0.686. The predicted molar refractivity (Wildman–Crippen MR) is 109 cm³/mol. The van der Waals surface area contributed by atoms with Gasteiger partial charge in [0, 0.05) is 11.8 Å². The van der Waals surface area contributed by atoms with E-state index >= 15 is 0 Å². The molecule has 1 fully saturated rings.